The van der Waals surface area contributed by atoms with Crippen LogP contribution < -0.4 is 5.32 Å². The van der Waals surface area contributed by atoms with Crippen molar-refractivity contribution in [2.45, 2.75) is 18.0 Å². The molecule has 2 aromatic rings. The maximum Gasteiger partial charge on any atom is 0.305 e. The number of furan rings is 1. The number of nitrogens with zero attached hydrogens (tertiary/aromatic N) is 3. The molecule has 0 spiro atoms. The van der Waals surface area contributed by atoms with E-state index in [1.54, 1.807) is 23.0 Å². The first-order valence-corrected chi connectivity index (χ1v) is 8.00. The van der Waals surface area contributed by atoms with Crippen LogP contribution in [-0.4, -0.2) is 46.0 Å². The molecule has 0 fully saturated rings. The zero-order valence-electron chi connectivity index (χ0n) is 12.9. The van der Waals surface area contributed by atoms with E-state index in [4.69, 9.17) is 4.42 Å². The largest absolute Gasteiger partial charge is 0.469 e. The highest BCUT2D eigenvalue weighted by Gasteiger charge is 2.14. The molecule has 2 rings (SSSR count). The van der Waals surface area contributed by atoms with Gasteiger partial charge < -0.3 is 19.0 Å². The normalized spacial score (nSPS) is 10.5. The van der Waals surface area contributed by atoms with Gasteiger partial charge >= 0.3 is 5.97 Å². The van der Waals surface area contributed by atoms with Crippen molar-refractivity contribution in [2.24, 2.45) is 7.05 Å². The van der Waals surface area contributed by atoms with E-state index < -0.39 is 0 Å². The summed E-state index contributed by atoms with van der Waals surface area (Å²) >= 11 is 1.29. The van der Waals surface area contributed by atoms with E-state index in [0.717, 1.165) is 0 Å². The number of thioether (sulfide) groups is 1. The van der Waals surface area contributed by atoms with E-state index in [0.29, 0.717) is 36.1 Å². The van der Waals surface area contributed by atoms with Gasteiger partial charge in [0.05, 0.1) is 19.1 Å². The lowest BCUT2D eigenvalue weighted by Gasteiger charge is -2.05. The molecule has 0 aliphatic rings. The van der Waals surface area contributed by atoms with Gasteiger partial charge in [-0.3, -0.25) is 9.59 Å². The molecular formula is C14H18N4O4S. The molecule has 0 aromatic carbocycles. The first-order chi connectivity index (χ1) is 11.1. The lowest BCUT2D eigenvalue weighted by molar-refractivity contribution is -0.140. The number of hydrogen-bond acceptors (Lipinski definition) is 7. The topological polar surface area (TPSA) is 99.2 Å². The lowest BCUT2D eigenvalue weighted by atomic mass is 10.3. The van der Waals surface area contributed by atoms with Gasteiger partial charge in [-0.25, -0.2) is 0 Å². The third-order valence-electron chi connectivity index (χ3n) is 3.02. The van der Waals surface area contributed by atoms with Crippen LogP contribution in [0.25, 0.3) is 11.6 Å². The van der Waals surface area contributed by atoms with E-state index in [9.17, 15) is 9.59 Å². The fourth-order valence-electron chi connectivity index (χ4n) is 1.80. The van der Waals surface area contributed by atoms with Gasteiger partial charge in [0.25, 0.3) is 0 Å². The number of methoxy groups -OCH3 is 1. The van der Waals surface area contributed by atoms with Crippen molar-refractivity contribution in [1.82, 2.24) is 20.1 Å². The second-order valence-electron chi connectivity index (χ2n) is 4.66. The number of aromatic nitrogens is 3. The zero-order valence-corrected chi connectivity index (χ0v) is 13.8. The van der Waals surface area contributed by atoms with Crippen molar-refractivity contribution in [3.8, 4) is 11.6 Å². The van der Waals surface area contributed by atoms with Crippen LogP contribution in [0.5, 0.6) is 0 Å². The van der Waals surface area contributed by atoms with Gasteiger partial charge in [-0.05, 0) is 18.6 Å². The van der Waals surface area contributed by atoms with Crippen LogP contribution in [0, 0.1) is 0 Å². The average molecular weight is 338 g/mol. The Kier molecular flexibility index (Phi) is 6.21. The summed E-state index contributed by atoms with van der Waals surface area (Å²) in [6.07, 6.45) is 2.41. The number of esters is 1. The molecule has 0 aliphatic heterocycles. The van der Waals surface area contributed by atoms with Gasteiger partial charge in [0.2, 0.25) is 5.91 Å². The molecule has 124 valence electrons. The minimum Gasteiger partial charge on any atom is -0.469 e. The quantitative estimate of drug-likeness (QED) is 0.439. The molecule has 1 N–H and O–H groups in total. The van der Waals surface area contributed by atoms with Gasteiger partial charge in [0, 0.05) is 20.0 Å². The van der Waals surface area contributed by atoms with Crippen LogP contribution in [0.15, 0.2) is 28.0 Å². The smallest absolute Gasteiger partial charge is 0.305 e. The lowest BCUT2D eigenvalue weighted by Crippen LogP contribution is -2.26. The molecule has 0 saturated carbocycles. The number of rotatable bonds is 8. The minimum atomic E-state index is -0.279. The van der Waals surface area contributed by atoms with E-state index in [1.165, 1.54) is 18.9 Å². The van der Waals surface area contributed by atoms with Crippen molar-refractivity contribution in [3.05, 3.63) is 18.4 Å². The molecule has 0 aliphatic carbocycles. The van der Waals surface area contributed by atoms with Crippen LogP contribution in [0.2, 0.25) is 0 Å². The second-order valence-corrected chi connectivity index (χ2v) is 5.60. The maximum absolute atomic E-state index is 11.8. The SMILES string of the molecule is COC(=O)CCCNC(=O)CSc1nnc(-c2ccco2)n1C. The van der Waals surface area contributed by atoms with Crippen molar-refractivity contribution in [2.75, 3.05) is 19.4 Å². The molecule has 0 saturated heterocycles. The fraction of sp³-hybridized carbons (Fsp3) is 0.429. The van der Waals surface area contributed by atoms with Gasteiger partial charge in [0.15, 0.2) is 16.7 Å². The van der Waals surface area contributed by atoms with Crippen LogP contribution in [0.4, 0.5) is 0 Å². The summed E-state index contributed by atoms with van der Waals surface area (Å²) in [6.45, 7) is 0.435. The first-order valence-electron chi connectivity index (χ1n) is 7.01. The van der Waals surface area contributed by atoms with E-state index in [-0.39, 0.29) is 17.6 Å². The Bertz CT molecular complexity index is 654. The van der Waals surface area contributed by atoms with Crippen LogP contribution in [0.3, 0.4) is 0 Å². The number of carbonyl (C=O) groups is 2. The molecule has 0 unspecified atom stereocenters. The number of ether oxygens (including phenoxy) is 1. The van der Waals surface area contributed by atoms with Gasteiger partial charge in [0.1, 0.15) is 0 Å². The highest BCUT2D eigenvalue weighted by atomic mass is 32.2. The van der Waals surface area contributed by atoms with Crippen molar-refractivity contribution in [1.29, 1.82) is 0 Å². The molecule has 0 bridgehead atoms. The Labute approximate surface area is 137 Å². The number of hydrogen-bond donors (Lipinski definition) is 1. The summed E-state index contributed by atoms with van der Waals surface area (Å²) < 4.78 is 11.6. The molecule has 1 amide bonds. The van der Waals surface area contributed by atoms with Gasteiger partial charge in [-0.15, -0.1) is 10.2 Å². The highest BCUT2D eigenvalue weighted by Crippen LogP contribution is 2.22. The minimum absolute atomic E-state index is 0.123. The first kappa shape index (κ1) is 17.1. The summed E-state index contributed by atoms with van der Waals surface area (Å²) in [5.41, 5.74) is 0. The molecule has 8 nitrogen and oxygen atoms in total. The third-order valence-corrected chi connectivity index (χ3v) is 4.04. The van der Waals surface area contributed by atoms with Crippen molar-refractivity contribution < 1.29 is 18.7 Å². The summed E-state index contributed by atoms with van der Waals surface area (Å²) in [5, 5.41) is 11.5. The molecule has 0 radical (unpaired) electrons. The Morgan fingerprint density at radius 1 is 1.43 bits per heavy atom. The fourth-order valence-corrected chi connectivity index (χ4v) is 2.55. The molecule has 23 heavy (non-hydrogen) atoms. The summed E-state index contributed by atoms with van der Waals surface area (Å²) in [4.78, 5) is 22.7. The Morgan fingerprint density at radius 3 is 2.96 bits per heavy atom. The van der Waals surface area contributed by atoms with E-state index >= 15 is 0 Å². The average Bonchev–Trinajstić information content (AvgIpc) is 3.19. The Balaban J connectivity index is 1.76. The molecule has 2 heterocycles. The van der Waals surface area contributed by atoms with Crippen molar-refractivity contribution in [3.63, 3.8) is 0 Å². The summed E-state index contributed by atoms with van der Waals surface area (Å²) in [5.74, 6) is 1.05. The molecular weight excluding hydrogens is 320 g/mol. The van der Waals surface area contributed by atoms with Crippen LogP contribution in [-0.2, 0) is 21.4 Å². The van der Waals surface area contributed by atoms with E-state index in [2.05, 4.69) is 20.3 Å². The van der Waals surface area contributed by atoms with Gasteiger partial charge in [-0.2, -0.15) is 0 Å². The molecule has 2 aromatic heterocycles. The van der Waals surface area contributed by atoms with Gasteiger partial charge in [-0.1, -0.05) is 11.8 Å². The Hall–Kier alpha value is -2.29. The Morgan fingerprint density at radius 2 is 2.26 bits per heavy atom. The summed E-state index contributed by atoms with van der Waals surface area (Å²) in [7, 11) is 3.16. The second kappa shape index (κ2) is 8.37. The predicted octanol–water partition coefficient (Wildman–Crippen LogP) is 1.24. The third kappa shape index (κ3) is 4.85. The number of amides is 1. The number of carbonyl (C=O) groups excluding carboxylic acids is 2. The predicted molar refractivity (Wildman–Crippen MR) is 83.7 cm³/mol. The van der Waals surface area contributed by atoms with Crippen LogP contribution >= 0.6 is 11.8 Å². The standard InChI is InChI=1S/C14H18N4O4S/c1-18-13(10-5-4-8-22-10)16-17-14(18)23-9-11(19)15-7-3-6-12(20)21-2/h4-5,8H,3,6-7,9H2,1-2H3,(H,15,19). The van der Waals surface area contributed by atoms with E-state index in [1.807, 2.05) is 7.05 Å². The summed E-state index contributed by atoms with van der Waals surface area (Å²) in [6, 6.07) is 3.57. The number of nitrogens with one attached hydrogen (secondary N) is 1. The van der Waals surface area contributed by atoms with Crippen molar-refractivity contribution >= 4 is 23.6 Å². The molecule has 0 atom stereocenters. The monoisotopic (exact) mass is 338 g/mol. The zero-order chi connectivity index (χ0) is 16.7. The van der Waals surface area contributed by atoms with Crippen LogP contribution in [0.1, 0.15) is 12.8 Å². The molecule has 9 heteroatoms. The maximum atomic E-state index is 11.8. The highest BCUT2D eigenvalue weighted by molar-refractivity contribution is 7.99.